The maximum atomic E-state index is 12.3. The number of nitrogens with zero attached hydrogens (tertiary/aromatic N) is 3. The molecule has 4 aromatic rings. The van der Waals surface area contributed by atoms with Gasteiger partial charge in [-0.05, 0) is 30.3 Å². The van der Waals surface area contributed by atoms with Gasteiger partial charge in [-0.15, -0.1) is 0 Å². The highest BCUT2D eigenvalue weighted by Gasteiger charge is 2.19. The Morgan fingerprint density at radius 3 is 2.72 bits per heavy atom. The predicted molar refractivity (Wildman–Crippen MR) is 111 cm³/mol. The highest BCUT2D eigenvalue weighted by atomic mass is 35.5. The summed E-state index contributed by atoms with van der Waals surface area (Å²) >= 11 is 7.32. The van der Waals surface area contributed by atoms with Crippen LogP contribution >= 0.6 is 23.4 Å². The number of hydrogen-bond donors (Lipinski definition) is 0. The first-order valence-corrected chi connectivity index (χ1v) is 11.3. The van der Waals surface area contributed by atoms with Crippen LogP contribution in [0, 0.1) is 0 Å². The number of hydrogen-bond acceptors (Lipinski definition) is 7. The zero-order valence-corrected chi connectivity index (χ0v) is 17.9. The molecule has 0 unspecified atom stereocenters. The van der Waals surface area contributed by atoms with Crippen LogP contribution in [-0.4, -0.2) is 36.8 Å². The van der Waals surface area contributed by atoms with Crippen LogP contribution in [-0.2, 0) is 15.8 Å². The molecule has 0 N–H and O–H groups in total. The summed E-state index contributed by atoms with van der Waals surface area (Å²) in [6.45, 7) is 0. The van der Waals surface area contributed by atoms with Gasteiger partial charge in [0.1, 0.15) is 5.52 Å². The fourth-order valence-electron chi connectivity index (χ4n) is 2.59. The number of oxazole rings is 2. The minimum absolute atomic E-state index is 0.165. The number of sulfonamides is 1. The smallest absolute Gasteiger partial charge is 0.257 e. The molecule has 2 aromatic heterocycles. The van der Waals surface area contributed by atoms with E-state index in [2.05, 4.69) is 9.97 Å². The molecule has 0 fully saturated rings. The van der Waals surface area contributed by atoms with E-state index in [1.165, 1.54) is 38.0 Å². The monoisotopic (exact) mass is 449 g/mol. The molecular weight excluding hydrogens is 434 g/mol. The Balaban J connectivity index is 1.50. The van der Waals surface area contributed by atoms with Crippen molar-refractivity contribution in [3.8, 4) is 11.3 Å². The third kappa shape index (κ3) is 4.18. The Morgan fingerprint density at radius 1 is 1.14 bits per heavy atom. The van der Waals surface area contributed by atoms with Crippen LogP contribution in [0.2, 0.25) is 5.02 Å². The minimum atomic E-state index is -3.53. The zero-order chi connectivity index (χ0) is 20.6. The maximum Gasteiger partial charge on any atom is 0.257 e. The number of thioether (sulfide) groups is 1. The van der Waals surface area contributed by atoms with Gasteiger partial charge in [-0.3, -0.25) is 0 Å². The quantitative estimate of drug-likeness (QED) is 0.395. The third-order valence-electron chi connectivity index (χ3n) is 4.10. The summed E-state index contributed by atoms with van der Waals surface area (Å²) in [5, 5.41) is 1.03. The molecule has 7 nitrogen and oxygen atoms in total. The summed E-state index contributed by atoms with van der Waals surface area (Å²) in [6, 6.07) is 11.9. The van der Waals surface area contributed by atoms with Crippen LogP contribution in [0.1, 0.15) is 5.89 Å². The second-order valence-corrected chi connectivity index (χ2v) is 9.83. The molecule has 4 rings (SSSR count). The van der Waals surface area contributed by atoms with E-state index in [0.29, 0.717) is 38.7 Å². The van der Waals surface area contributed by atoms with Crippen molar-refractivity contribution in [1.82, 2.24) is 14.3 Å². The van der Waals surface area contributed by atoms with Gasteiger partial charge in [0.2, 0.25) is 15.9 Å². The Morgan fingerprint density at radius 2 is 1.97 bits per heavy atom. The average molecular weight is 450 g/mol. The van der Waals surface area contributed by atoms with Crippen molar-refractivity contribution in [3.05, 3.63) is 59.6 Å². The van der Waals surface area contributed by atoms with Crippen molar-refractivity contribution < 1.29 is 17.3 Å². The zero-order valence-electron chi connectivity index (χ0n) is 15.5. The van der Waals surface area contributed by atoms with Gasteiger partial charge in [0.25, 0.3) is 5.22 Å². The van der Waals surface area contributed by atoms with Crippen LogP contribution in [0.5, 0.6) is 0 Å². The molecule has 2 aromatic carbocycles. The van der Waals surface area contributed by atoms with Crippen molar-refractivity contribution in [3.63, 3.8) is 0 Å². The molecule has 29 heavy (non-hydrogen) atoms. The molecule has 0 radical (unpaired) electrons. The second-order valence-electron chi connectivity index (χ2n) is 6.31. The van der Waals surface area contributed by atoms with Crippen LogP contribution in [0.3, 0.4) is 0 Å². The van der Waals surface area contributed by atoms with E-state index in [1.807, 2.05) is 12.1 Å². The van der Waals surface area contributed by atoms with E-state index in [9.17, 15) is 8.42 Å². The highest BCUT2D eigenvalue weighted by Crippen LogP contribution is 2.29. The van der Waals surface area contributed by atoms with Gasteiger partial charge in [0.05, 0.1) is 16.8 Å². The van der Waals surface area contributed by atoms with Gasteiger partial charge < -0.3 is 8.83 Å². The molecule has 0 atom stereocenters. The minimum Gasteiger partial charge on any atom is -0.440 e. The molecule has 0 saturated heterocycles. The van der Waals surface area contributed by atoms with Crippen molar-refractivity contribution in [2.45, 2.75) is 15.9 Å². The summed E-state index contributed by atoms with van der Waals surface area (Å²) in [5.74, 6) is 1.55. The first-order valence-electron chi connectivity index (χ1n) is 8.49. The molecule has 0 aliphatic rings. The second kappa shape index (κ2) is 7.83. The summed E-state index contributed by atoms with van der Waals surface area (Å²) in [7, 11) is -0.563. The summed E-state index contributed by atoms with van der Waals surface area (Å²) in [4.78, 5) is 8.80. The van der Waals surface area contributed by atoms with E-state index in [1.54, 1.807) is 24.4 Å². The van der Waals surface area contributed by atoms with Crippen molar-refractivity contribution in [2.24, 2.45) is 0 Å². The summed E-state index contributed by atoms with van der Waals surface area (Å²) < 4.78 is 37.1. The highest BCUT2D eigenvalue weighted by molar-refractivity contribution is 7.98. The van der Waals surface area contributed by atoms with Crippen molar-refractivity contribution in [1.29, 1.82) is 0 Å². The Bertz CT molecular complexity index is 1280. The topological polar surface area (TPSA) is 89.4 Å². The van der Waals surface area contributed by atoms with E-state index in [-0.39, 0.29) is 4.90 Å². The first-order chi connectivity index (χ1) is 13.8. The number of aromatic nitrogens is 2. The normalized spacial score (nSPS) is 12.1. The standard InChI is InChI=1S/C19H16ClN3O4S2/c1-23(2)29(24,25)14-6-7-16-15(9-14)22-19(27-16)28-11-18-21-10-17(26-18)12-4-3-5-13(20)8-12/h3-10H,11H2,1-2H3. The molecule has 150 valence electrons. The molecule has 0 amide bonds. The van der Waals surface area contributed by atoms with Crippen LogP contribution in [0.4, 0.5) is 0 Å². The Hall–Kier alpha value is -2.33. The van der Waals surface area contributed by atoms with E-state index < -0.39 is 10.0 Å². The van der Waals surface area contributed by atoms with Gasteiger partial charge in [-0.1, -0.05) is 35.5 Å². The van der Waals surface area contributed by atoms with Crippen molar-refractivity contribution in [2.75, 3.05) is 14.1 Å². The Labute approximate surface area is 176 Å². The van der Waals surface area contributed by atoms with Crippen LogP contribution in [0.15, 0.2) is 67.6 Å². The fourth-order valence-corrected chi connectivity index (χ4v) is 4.40. The van der Waals surface area contributed by atoms with Crippen LogP contribution in [0.25, 0.3) is 22.4 Å². The lowest BCUT2D eigenvalue weighted by atomic mass is 10.2. The van der Waals surface area contributed by atoms with Crippen molar-refractivity contribution >= 4 is 44.5 Å². The molecule has 0 spiro atoms. The van der Waals surface area contributed by atoms with Gasteiger partial charge >= 0.3 is 0 Å². The lowest BCUT2D eigenvalue weighted by Crippen LogP contribution is -2.22. The van der Waals surface area contributed by atoms with E-state index in [4.69, 9.17) is 20.4 Å². The van der Waals surface area contributed by atoms with Gasteiger partial charge in [-0.2, -0.15) is 0 Å². The molecule has 0 aliphatic carbocycles. The van der Waals surface area contributed by atoms with Gasteiger partial charge in [-0.25, -0.2) is 22.7 Å². The van der Waals surface area contributed by atoms with Gasteiger partial charge in [0, 0.05) is 24.7 Å². The number of halogens is 1. The lowest BCUT2D eigenvalue weighted by Gasteiger charge is -2.10. The van der Waals surface area contributed by atoms with Crippen LogP contribution < -0.4 is 0 Å². The lowest BCUT2D eigenvalue weighted by molar-refractivity contribution is 0.486. The fraction of sp³-hybridized carbons (Fsp3) is 0.158. The van der Waals surface area contributed by atoms with E-state index in [0.717, 1.165) is 9.87 Å². The number of benzene rings is 2. The van der Waals surface area contributed by atoms with E-state index >= 15 is 0 Å². The molecule has 10 heteroatoms. The number of rotatable bonds is 6. The SMILES string of the molecule is CN(C)S(=O)(=O)c1ccc2oc(SCc3ncc(-c4cccc(Cl)c4)o3)nc2c1. The molecule has 2 heterocycles. The Kier molecular flexibility index (Phi) is 5.39. The predicted octanol–water partition coefficient (Wildman–Crippen LogP) is 4.68. The maximum absolute atomic E-state index is 12.3. The molecular formula is C19H16ClN3O4S2. The number of fused-ring (bicyclic) bond motifs is 1. The average Bonchev–Trinajstić information content (AvgIpc) is 3.32. The summed E-state index contributed by atoms with van der Waals surface area (Å²) in [6.07, 6.45) is 1.64. The molecule has 0 bridgehead atoms. The first kappa shape index (κ1) is 20.0. The third-order valence-corrected chi connectivity index (χ3v) is 6.96. The molecule has 0 saturated carbocycles. The largest absolute Gasteiger partial charge is 0.440 e. The molecule has 0 aliphatic heterocycles. The summed E-state index contributed by atoms with van der Waals surface area (Å²) in [5.41, 5.74) is 1.83. The van der Waals surface area contributed by atoms with Gasteiger partial charge in [0.15, 0.2) is 11.3 Å².